The van der Waals surface area contributed by atoms with Gasteiger partial charge < -0.3 is 9.30 Å². The molecule has 6 rings (SSSR count). The standard InChI is InChI=1S/C32H25N3O.Pt/c1-32(2,3)24-15-17-31(34-21-24)36-25-10-8-9-22(19-25)23-14-16-27-26-11-4-5-12-28(26)35(29(27)20-23)30-13-6-7-18-33-30;/h4-18,21H,1-3H3;/q-2;+2. The predicted octanol–water partition coefficient (Wildman–Crippen LogP) is 7.93. The Kier molecular flexibility index (Phi) is 6.70. The van der Waals surface area contributed by atoms with Crippen molar-refractivity contribution in [3.05, 3.63) is 115 Å². The molecule has 0 aliphatic rings. The molecule has 0 aliphatic heterocycles. The molecule has 0 saturated carbocycles. The molecule has 0 atom stereocenters. The molecule has 5 heteroatoms. The van der Waals surface area contributed by atoms with Crippen LogP contribution in [0.25, 0.3) is 38.8 Å². The fraction of sp³-hybridized carbons (Fsp3) is 0.125. The summed E-state index contributed by atoms with van der Waals surface area (Å²) >= 11 is 0. The van der Waals surface area contributed by atoms with Gasteiger partial charge in [0.15, 0.2) is 0 Å². The third-order valence-corrected chi connectivity index (χ3v) is 6.34. The second kappa shape index (κ2) is 9.95. The van der Waals surface area contributed by atoms with Crippen molar-refractivity contribution >= 4 is 21.8 Å². The van der Waals surface area contributed by atoms with Crippen LogP contribution in [0.4, 0.5) is 0 Å². The van der Waals surface area contributed by atoms with E-state index >= 15 is 0 Å². The van der Waals surface area contributed by atoms with Crippen LogP contribution in [0.1, 0.15) is 26.3 Å². The van der Waals surface area contributed by atoms with E-state index in [-0.39, 0.29) is 26.5 Å². The number of hydrogen-bond acceptors (Lipinski definition) is 3. The van der Waals surface area contributed by atoms with Crippen LogP contribution in [0.15, 0.2) is 97.3 Å². The summed E-state index contributed by atoms with van der Waals surface area (Å²) in [7, 11) is 0. The molecule has 0 fully saturated rings. The number of rotatable bonds is 4. The van der Waals surface area contributed by atoms with E-state index in [1.807, 2.05) is 54.9 Å². The van der Waals surface area contributed by atoms with Gasteiger partial charge in [0.2, 0.25) is 5.88 Å². The van der Waals surface area contributed by atoms with Crippen molar-refractivity contribution in [2.45, 2.75) is 26.2 Å². The van der Waals surface area contributed by atoms with Crippen LogP contribution < -0.4 is 4.74 Å². The maximum Gasteiger partial charge on any atom is 2.00 e. The molecule has 0 aliphatic carbocycles. The summed E-state index contributed by atoms with van der Waals surface area (Å²) < 4.78 is 8.20. The molecule has 4 nitrogen and oxygen atoms in total. The van der Waals surface area contributed by atoms with Gasteiger partial charge >= 0.3 is 21.1 Å². The maximum absolute atomic E-state index is 6.04. The van der Waals surface area contributed by atoms with Gasteiger partial charge in [0.05, 0.1) is 0 Å². The summed E-state index contributed by atoms with van der Waals surface area (Å²) in [6.45, 7) is 6.51. The van der Waals surface area contributed by atoms with E-state index in [2.05, 4.69) is 89.9 Å². The molecule has 0 unspecified atom stereocenters. The van der Waals surface area contributed by atoms with Crippen molar-refractivity contribution in [1.29, 1.82) is 0 Å². The van der Waals surface area contributed by atoms with Crippen molar-refractivity contribution in [3.8, 4) is 28.6 Å². The Morgan fingerprint density at radius 1 is 0.730 bits per heavy atom. The first-order chi connectivity index (χ1) is 17.5. The summed E-state index contributed by atoms with van der Waals surface area (Å²) in [5.74, 6) is 2.02. The van der Waals surface area contributed by atoms with Crippen molar-refractivity contribution in [3.63, 3.8) is 0 Å². The van der Waals surface area contributed by atoms with E-state index in [0.717, 1.165) is 33.4 Å². The summed E-state index contributed by atoms with van der Waals surface area (Å²) in [6.07, 6.45) is 3.69. The first-order valence-corrected chi connectivity index (χ1v) is 12.0. The van der Waals surface area contributed by atoms with Gasteiger partial charge in [-0.05, 0) is 40.1 Å². The summed E-state index contributed by atoms with van der Waals surface area (Å²) in [5, 5.41) is 2.31. The van der Waals surface area contributed by atoms with Gasteiger partial charge in [-0.3, -0.25) is 0 Å². The Balaban J connectivity index is 0.00000280. The van der Waals surface area contributed by atoms with Crippen LogP contribution in [0.5, 0.6) is 11.6 Å². The van der Waals surface area contributed by atoms with Crippen LogP contribution in [-0.4, -0.2) is 14.5 Å². The van der Waals surface area contributed by atoms with Gasteiger partial charge in [-0.2, -0.15) is 24.3 Å². The Morgan fingerprint density at radius 2 is 1.54 bits per heavy atom. The van der Waals surface area contributed by atoms with Crippen molar-refractivity contribution in [1.82, 2.24) is 14.5 Å². The van der Waals surface area contributed by atoms with Gasteiger partial charge in [-0.25, -0.2) is 21.1 Å². The van der Waals surface area contributed by atoms with Crippen LogP contribution in [0.3, 0.4) is 0 Å². The second-order valence-corrected chi connectivity index (χ2v) is 9.84. The maximum atomic E-state index is 6.04. The Labute approximate surface area is 231 Å². The number of ether oxygens (including phenoxy) is 1. The van der Waals surface area contributed by atoms with Crippen LogP contribution in [0, 0.1) is 12.1 Å². The minimum absolute atomic E-state index is 0. The zero-order chi connectivity index (χ0) is 24.7. The third-order valence-electron chi connectivity index (χ3n) is 6.34. The largest absolute Gasteiger partial charge is 2.00 e. The molecule has 0 bridgehead atoms. The Morgan fingerprint density at radius 3 is 2.30 bits per heavy atom. The molecule has 3 aromatic heterocycles. The van der Waals surface area contributed by atoms with Crippen molar-refractivity contribution in [2.75, 3.05) is 0 Å². The molecule has 0 radical (unpaired) electrons. The molecular weight excluding hydrogens is 637 g/mol. The monoisotopic (exact) mass is 662 g/mol. The average Bonchev–Trinajstić information content (AvgIpc) is 3.23. The predicted molar refractivity (Wildman–Crippen MR) is 145 cm³/mol. The molecule has 37 heavy (non-hydrogen) atoms. The van der Waals surface area contributed by atoms with E-state index in [4.69, 9.17) is 4.74 Å². The topological polar surface area (TPSA) is 39.9 Å². The van der Waals surface area contributed by atoms with Gasteiger partial charge in [-0.15, -0.1) is 18.2 Å². The van der Waals surface area contributed by atoms with Gasteiger partial charge in [0.1, 0.15) is 5.82 Å². The average molecular weight is 663 g/mol. The van der Waals surface area contributed by atoms with Crippen LogP contribution in [-0.2, 0) is 26.5 Å². The SMILES string of the molecule is CC(C)(C)c1ccc(Oc2[c-]c(-c3[c-]c4c(cc3)c3ccccc3n4-c3ccccn3)ccc2)nc1.[Pt+2]. The normalized spacial score (nSPS) is 11.4. The van der Waals surface area contributed by atoms with Crippen LogP contribution >= 0.6 is 0 Å². The zero-order valence-electron chi connectivity index (χ0n) is 20.8. The number of aromatic nitrogens is 3. The quantitative estimate of drug-likeness (QED) is 0.180. The summed E-state index contributed by atoms with van der Waals surface area (Å²) in [4.78, 5) is 9.11. The number of hydrogen-bond donors (Lipinski definition) is 0. The van der Waals surface area contributed by atoms with Crippen LogP contribution in [0.2, 0.25) is 0 Å². The molecule has 3 aromatic carbocycles. The van der Waals surface area contributed by atoms with Gasteiger partial charge in [0, 0.05) is 29.7 Å². The molecule has 0 N–H and O–H groups in total. The molecular formula is C32H25N3OPt. The first kappa shape index (κ1) is 24.9. The van der Waals surface area contributed by atoms with E-state index in [0.29, 0.717) is 11.6 Å². The number of fused-ring (bicyclic) bond motifs is 3. The molecule has 3 heterocycles. The molecule has 6 aromatic rings. The second-order valence-electron chi connectivity index (χ2n) is 9.84. The summed E-state index contributed by atoms with van der Waals surface area (Å²) in [5.41, 5.74) is 5.13. The first-order valence-electron chi connectivity index (χ1n) is 12.0. The Bertz CT molecular complexity index is 1680. The molecule has 0 spiro atoms. The molecule has 0 saturated heterocycles. The third kappa shape index (κ3) is 4.82. The van der Waals surface area contributed by atoms with Gasteiger partial charge in [-0.1, -0.05) is 56.5 Å². The van der Waals surface area contributed by atoms with Crippen molar-refractivity contribution in [2.24, 2.45) is 0 Å². The summed E-state index contributed by atoms with van der Waals surface area (Å²) in [6, 6.07) is 35.5. The number of nitrogens with zero attached hydrogens (tertiary/aromatic N) is 3. The Hall–Kier alpha value is -3.75. The van der Waals surface area contributed by atoms with E-state index < -0.39 is 0 Å². The number of para-hydroxylation sites is 1. The molecule has 0 amide bonds. The number of benzene rings is 3. The van der Waals surface area contributed by atoms with E-state index in [1.54, 1.807) is 0 Å². The molecule has 184 valence electrons. The van der Waals surface area contributed by atoms with E-state index in [1.165, 1.54) is 10.9 Å². The fourth-order valence-corrected chi connectivity index (χ4v) is 4.44. The van der Waals surface area contributed by atoms with Crippen molar-refractivity contribution < 1.29 is 25.8 Å². The fourth-order valence-electron chi connectivity index (χ4n) is 4.44. The minimum Gasteiger partial charge on any atom is -0.460 e. The van der Waals surface area contributed by atoms with E-state index in [9.17, 15) is 0 Å². The minimum atomic E-state index is 0. The van der Waals surface area contributed by atoms with Gasteiger partial charge in [0.25, 0.3) is 0 Å². The zero-order valence-corrected chi connectivity index (χ0v) is 23.1. The number of pyridine rings is 2. The smallest absolute Gasteiger partial charge is 0.460 e.